The largest absolute Gasteiger partial charge is 0.456 e. The van der Waals surface area contributed by atoms with Crippen LogP contribution in [-0.4, -0.2) is 72.5 Å². The van der Waals surface area contributed by atoms with E-state index in [1.807, 2.05) is 27.7 Å². The van der Waals surface area contributed by atoms with Gasteiger partial charge in [0.15, 0.2) is 0 Å². The van der Waals surface area contributed by atoms with Gasteiger partial charge in [-0.2, -0.15) is 0 Å². The van der Waals surface area contributed by atoms with Crippen LogP contribution in [0.2, 0.25) is 0 Å². The van der Waals surface area contributed by atoms with Gasteiger partial charge in [-0.15, -0.1) is 0 Å². The number of rotatable bonds is 1. The molecule has 0 radical (unpaired) electrons. The molecule has 2 saturated heterocycles. The topological polar surface area (TPSA) is 68.3 Å². The summed E-state index contributed by atoms with van der Waals surface area (Å²) in [4.78, 5) is 27.9. The second kappa shape index (κ2) is 7.10. The predicted octanol–water partition coefficient (Wildman–Crippen LogP) is 2.31. The van der Waals surface area contributed by atoms with Gasteiger partial charge < -0.3 is 24.0 Å². The van der Waals surface area contributed by atoms with Crippen molar-refractivity contribution in [2.24, 2.45) is 0 Å². The summed E-state index contributed by atoms with van der Waals surface area (Å²) in [7, 11) is 0. The maximum Gasteiger partial charge on any atom is 0.410 e. The minimum absolute atomic E-state index is 0.189. The first-order valence-electron chi connectivity index (χ1n) is 9.43. The number of piperidine rings is 1. The van der Waals surface area contributed by atoms with E-state index in [-0.39, 0.29) is 17.7 Å². The number of esters is 1. The van der Waals surface area contributed by atoms with E-state index in [0.717, 1.165) is 38.0 Å². The Morgan fingerprint density at radius 1 is 1.12 bits per heavy atom. The van der Waals surface area contributed by atoms with Crippen molar-refractivity contribution in [3.8, 4) is 0 Å². The van der Waals surface area contributed by atoms with E-state index in [2.05, 4.69) is 4.90 Å². The zero-order valence-electron chi connectivity index (χ0n) is 16.3. The molecule has 0 atom stereocenters. The fraction of sp³-hybridized carbons (Fsp3) is 0.789. The van der Waals surface area contributed by atoms with Crippen molar-refractivity contribution in [1.29, 1.82) is 0 Å². The Hall–Kier alpha value is -1.76. The Bertz CT molecular complexity index is 600. The normalized spacial score (nSPS) is 23.9. The summed E-state index contributed by atoms with van der Waals surface area (Å²) in [5, 5.41) is 0. The monoisotopic (exact) mass is 366 g/mol. The van der Waals surface area contributed by atoms with Crippen molar-refractivity contribution in [1.82, 2.24) is 9.80 Å². The zero-order valence-corrected chi connectivity index (χ0v) is 16.3. The van der Waals surface area contributed by atoms with Crippen LogP contribution < -0.4 is 0 Å². The molecule has 0 N–H and O–H groups in total. The molecule has 3 rings (SSSR count). The third kappa shape index (κ3) is 4.14. The molecule has 7 nitrogen and oxygen atoms in total. The van der Waals surface area contributed by atoms with Crippen molar-refractivity contribution < 1.29 is 23.8 Å². The highest BCUT2D eigenvalue weighted by atomic mass is 16.6. The summed E-state index contributed by atoms with van der Waals surface area (Å²) in [5.41, 5.74) is 1.03. The molecule has 0 unspecified atom stereocenters. The van der Waals surface area contributed by atoms with Gasteiger partial charge in [-0.25, -0.2) is 9.59 Å². The Kier molecular flexibility index (Phi) is 5.19. The second-order valence-corrected chi connectivity index (χ2v) is 8.38. The van der Waals surface area contributed by atoms with Crippen molar-refractivity contribution in [2.45, 2.75) is 58.2 Å². The predicted molar refractivity (Wildman–Crippen MR) is 95.6 cm³/mol. The number of cyclic esters (lactones) is 1. The number of carbonyl (C=O) groups excluding carboxylic acids is 2. The first-order chi connectivity index (χ1) is 12.2. The highest BCUT2D eigenvalue weighted by Gasteiger charge is 2.40. The van der Waals surface area contributed by atoms with Gasteiger partial charge in [-0.3, -0.25) is 0 Å². The second-order valence-electron chi connectivity index (χ2n) is 8.38. The fourth-order valence-corrected chi connectivity index (χ4v) is 3.78. The molecule has 1 spiro atoms. The SMILES string of the molecule is CC1=C(N2CCOC3(CCN(C(=O)OC(C)(C)C)CC3)CC2)COC1=O. The fourth-order valence-electron chi connectivity index (χ4n) is 3.78. The third-order valence-electron chi connectivity index (χ3n) is 5.39. The van der Waals surface area contributed by atoms with E-state index in [1.165, 1.54) is 0 Å². The van der Waals surface area contributed by atoms with Crippen LogP contribution in [-0.2, 0) is 19.0 Å². The molecule has 7 heteroatoms. The maximum atomic E-state index is 12.2. The van der Waals surface area contributed by atoms with Crippen LogP contribution in [0.25, 0.3) is 0 Å². The van der Waals surface area contributed by atoms with E-state index in [4.69, 9.17) is 14.2 Å². The van der Waals surface area contributed by atoms with Gasteiger partial charge in [-0.05, 0) is 47.0 Å². The first kappa shape index (κ1) is 19.0. The van der Waals surface area contributed by atoms with Gasteiger partial charge in [0, 0.05) is 26.2 Å². The van der Waals surface area contributed by atoms with Gasteiger partial charge in [0.25, 0.3) is 0 Å². The molecule has 0 aromatic heterocycles. The third-order valence-corrected chi connectivity index (χ3v) is 5.39. The van der Waals surface area contributed by atoms with E-state index < -0.39 is 5.60 Å². The van der Waals surface area contributed by atoms with Crippen molar-refractivity contribution in [3.63, 3.8) is 0 Å². The number of likely N-dealkylation sites (tertiary alicyclic amines) is 1. The highest BCUT2D eigenvalue weighted by Crippen LogP contribution is 2.33. The number of amides is 1. The standard InChI is InChI=1S/C19H30N2O5/c1-14-15(13-24-16(14)22)20-8-5-19(25-12-11-20)6-9-21(10-7-19)17(23)26-18(2,3)4/h5-13H2,1-4H3. The van der Waals surface area contributed by atoms with Crippen LogP contribution in [0.3, 0.4) is 0 Å². The molecular formula is C19H30N2O5. The van der Waals surface area contributed by atoms with Crippen molar-refractivity contribution >= 4 is 12.1 Å². The Balaban J connectivity index is 1.57. The molecular weight excluding hydrogens is 336 g/mol. The Morgan fingerprint density at radius 3 is 2.35 bits per heavy atom. The van der Waals surface area contributed by atoms with Crippen LogP contribution in [0.4, 0.5) is 4.79 Å². The lowest BCUT2D eigenvalue weighted by Gasteiger charge is -2.41. The van der Waals surface area contributed by atoms with Gasteiger partial charge in [0.2, 0.25) is 0 Å². The van der Waals surface area contributed by atoms with Crippen molar-refractivity contribution in [2.75, 3.05) is 39.4 Å². The first-order valence-corrected chi connectivity index (χ1v) is 9.43. The summed E-state index contributed by atoms with van der Waals surface area (Å²) in [6.45, 7) is 11.4. The molecule has 3 heterocycles. The molecule has 0 aromatic rings. The Labute approximate surface area is 155 Å². The lowest BCUT2D eigenvalue weighted by molar-refractivity contribution is -0.136. The number of hydrogen-bond acceptors (Lipinski definition) is 6. The number of hydrogen-bond donors (Lipinski definition) is 0. The zero-order chi connectivity index (χ0) is 18.9. The van der Waals surface area contributed by atoms with Gasteiger partial charge in [-0.1, -0.05) is 0 Å². The smallest absolute Gasteiger partial charge is 0.410 e. The van der Waals surface area contributed by atoms with E-state index in [0.29, 0.717) is 31.9 Å². The van der Waals surface area contributed by atoms with Crippen LogP contribution in [0.1, 0.15) is 47.0 Å². The molecule has 146 valence electrons. The molecule has 26 heavy (non-hydrogen) atoms. The molecule has 0 aromatic carbocycles. The summed E-state index contributed by atoms with van der Waals surface area (Å²) in [5.74, 6) is -0.217. The Morgan fingerprint density at radius 2 is 1.77 bits per heavy atom. The molecule has 3 aliphatic rings. The molecule has 0 aliphatic carbocycles. The van der Waals surface area contributed by atoms with Crippen LogP contribution in [0.15, 0.2) is 11.3 Å². The van der Waals surface area contributed by atoms with Gasteiger partial charge >= 0.3 is 12.1 Å². The molecule has 0 saturated carbocycles. The van der Waals surface area contributed by atoms with E-state index in [1.54, 1.807) is 4.90 Å². The summed E-state index contributed by atoms with van der Waals surface area (Å²) in [6.07, 6.45) is 2.27. The molecule has 3 aliphatic heterocycles. The highest BCUT2D eigenvalue weighted by molar-refractivity contribution is 5.90. The van der Waals surface area contributed by atoms with Gasteiger partial charge in [0.05, 0.1) is 23.5 Å². The lowest BCUT2D eigenvalue weighted by Crippen LogP contribution is -2.49. The quantitative estimate of drug-likeness (QED) is 0.664. The van der Waals surface area contributed by atoms with E-state index in [9.17, 15) is 9.59 Å². The van der Waals surface area contributed by atoms with Crippen LogP contribution >= 0.6 is 0 Å². The van der Waals surface area contributed by atoms with E-state index >= 15 is 0 Å². The minimum atomic E-state index is -0.474. The summed E-state index contributed by atoms with van der Waals surface area (Å²) >= 11 is 0. The summed E-state index contributed by atoms with van der Waals surface area (Å²) < 4.78 is 16.8. The summed E-state index contributed by atoms with van der Waals surface area (Å²) in [6, 6.07) is 0. The molecule has 1 amide bonds. The molecule has 0 bridgehead atoms. The molecule has 2 fully saturated rings. The average Bonchev–Trinajstić information content (AvgIpc) is 2.78. The van der Waals surface area contributed by atoms with Gasteiger partial charge in [0.1, 0.15) is 12.2 Å². The van der Waals surface area contributed by atoms with Crippen molar-refractivity contribution in [3.05, 3.63) is 11.3 Å². The van der Waals surface area contributed by atoms with Crippen LogP contribution in [0, 0.1) is 0 Å². The number of carbonyl (C=O) groups is 2. The maximum absolute atomic E-state index is 12.2. The number of ether oxygens (including phenoxy) is 3. The number of nitrogens with zero attached hydrogens (tertiary/aromatic N) is 2. The van der Waals surface area contributed by atoms with Crippen LogP contribution in [0.5, 0.6) is 0 Å². The lowest BCUT2D eigenvalue weighted by atomic mass is 9.88. The average molecular weight is 366 g/mol. The minimum Gasteiger partial charge on any atom is -0.456 e.